The zero-order valence-electron chi connectivity index (χ0n) is 11.5. The first-order valence-electron chi connectivity index (χ1n) is 5.83. The van der Waals surface area contributed by atoms with Gasteiger partial charge in [-0.15, -0.1) is 18.0 Å². The van der Waals surface area contributed by atoms with Crippen LogP contribution in [0.1, 0.15) is 5.56 Å². The fourth-order valence-corrected chi connectivity index (χ4v) is 4.51. The van der Waals surface area contributed by atoms with Crippen LogP contribution in [0.25, 0.3) is 10.8 Å². The Hall–Kier alpha value is -0.160. The van der Waals surface area contributed by atoms with Gasteiger partial charge in [-0.25, -0.2) is 0 Å². The molecule has 0 fully saturated rings. The molecular formula is C14H12F2NaO2PS. The standard InChI is InChI=1S/C14H13F2O2PS.Na/c1-2-10-20-19(17,18)14(15,16)13-9-5-7-11-6-3-4-8-12(11)13;/h2-9H,1,10H2,(H,17,18);/q;+1/p-1. The van der Waals surface area contributed by atoms with E-state index in [1.807, 2.05) is 0 Å². The Bertz CT molecular complexity index is 688. The van der Waals surface area contributed by atoms with Gasteiger partial charge in [0.15, 0.2) is 0 Å². The molecule has 0 spiro atoms. The molecule has 1 unspecified atom stereocenters. The maximum Gasteiger partial charge on any atom is 1.00 e. The smallest absolute Gasteiger partial charge is 0.787 e. The number of halogens is 2. The van der Waals surface area contributed by atoms with Gasteiger partial charge in [-0.2, -0.15) is 8.78 Å². The maximum absolute atomic E-state index is 14.4. The average Bonchev–Trinajstić information content (AvgIpc) is 2.44. The van der Waals surface area contributed by atoms with Crippen molar-refractivity contribution in [2.75, 3.05) is 5.75 Å². The average molecular weight is 336 g/mol. The SMILES string of the molecule is C=CCSP(=O)([O-])C(F)(F)c1cccc2ccccc12.[Na+]. The fourth-order valence-electron chi connectivity index (χ4n) is 1.87. The number of fused-ring (bicyclic) bond motifs is 1. The molecule has 0 bridgehead atoms. The van der Waals surface area contributed by atoms with Gasteiger partial charge < -0.3 is 9.46 Å². The maximum atomic E-state index is 14.4. The Morgan fingerprint density at radius 2 is 1.86 bits per heavy atom. The fraction of sp³-hybridized carbons (Fsp3) is 0.143. The molecular weight excluding hydrogens is 324 g/mol. The van der Waals surface area contributed by atoms with Gasteiger partial charge in [-0.05, 0) is 10.8 Å². The number of benzene rings is 2. The molecule has 0 saturated carbocycles. The first-order chi connectivity index (χ1) is 9.40. The van der Waals surface area contributed by atoms with Gasteiger partial charge in [0, 0.05) is 11.3 Å². The molecule has 2 rings (SSSR count). The van der Waals surface area contributed by atoms with Crippen molar-refractivity contribution in [3.05, 3.63) is 60.7 Å². The van der Waals surface area contributed by atoms with Crippen molar-refractivity contribution in [1.29, 1.82) is 0 Å². The topological polar surface area (TPSA) is 40.1 Å². The van der Waals surface area contributed by atoms with Crippen molar-refractivity contribution in [2.24, 2.45) is 0 Å². The number of hydrogen-bond acceptors (Lipinski definition) is 3. The molecule has 21 heavy (non-hydrogen) atoms. The van der Waals surface area contributed by atoms with Crippen LogP contribution in [0.5, 0.6) is 0 Å². The van der Waals surface area contributed by atoms with Gasteiger partial charge in [0.2, 0.25) is 0 Å². The van der Waals surface area contributed by atoms with Gasteiger partial charge in [0.1, 0.15) is 6.57 Å². The third-order valence-corrected chi connectivity index (χ3v) is 6.63. The molecule has 0 aliphatic heterocycles. The summed E-state index contributed by atoms with van der Waals surface area (Å²) in [6.07, 6.45) is 1.29. The Morgan fingerprint density at radius 3 is 2.52 bits per heavy atom. The Kier molecular flexibility index (Phi) is 6.66. The molecule has 1 atom stereocenters. The summed E-state index contributed by atoms with van der Waals surface area (Å²) in [5.74, 6) is -0.0683. The predicted molar refractivity (Wildman–Crippen MR) is 78.1 cm³/mol. The van der Waals surface area contributed by atoms with Crippen LogP contribution in [0.2, 0.25) is 0 Å². The van der Waals surface area contributed by atoms with Crippen molar-refractivity contribution in [1.82, 2.24) is 0 Å². The largest absolute Gasteiger partial charge is 1.00 e. The summed E-state index contributed by atoms with van der Waals surface area (Å²) in [6, 6.07) is 10.7. The minimum atomic E-state index is -4.98. The molecule has 0 aliphatic carbocycles. The normalized spacial score (nSPS) is 14.2. The van der Waals surface area contributed by atoms with Crippen LogP contribution >= 0.6 is 18.0 Å². The van der Waals surface area contributed by atoms with E-state index in [9.17, 15) is 18.2 Å². The van der Waals surface area contributed by atoms with Crippen molar-refractivity contribution < 1.29 is 47.8 Å². The predicted octanol–water partition coefficient (Wildman–Crippen LogP) is 1.37. The van der Waals surface area contributed by atoms with Crippen LogP contribution in [-0.2, 0) is 10.2 Å². The summed E-state index contributed by atoms with van der Waals surface area (Å²) in [5, 5.41) is 0.827. The van der Waals surface area contributed by atoms with Crippen molar-refractivity contribution in [3.8, 4) is 0 Å². The summed E-state index contributed by atoms with van der Waals surface area (Å²) in [7, 11) is 0. The summed E-state index contributed by atoms with van der Waals surface area (Å²) in [4.78, 5) is 11.8. The molecule has 7 heteroatoms. The summed E-state index contributed by atoms with van der Waals surface area (Å²) >= 11 is 0.221. The second-order valence-corrected chi connectivity index (χ2v) is 8.51. The second kappa shape index (κ2) is 7.40. The van der Waals surface area contributed by atoms with Crippen LogP contribution < -0.4 is 34.5 Å². The van der Waals surface area contributed by atoms with Crippen LogP contribution in [0.15, 0.2) is 55.1 Å². The number of rotatable bonds is 5. The van der Waals surface area contributed by atoms with Gasteiger partial charge in [0.25, 0.3) is 0 Å². The molecule has 0 N–H and O–H groups in total. The van der Waals surface area contributed by atoms with E-state index >= 15 is 0 Å². The zero-order valence-corrected chi connectivity index (χ0v) is 15.2. The summed E-state index contributed by atoms with van der Waals surface area (Å²) < 4.78 is 40.6. The molecule has 0 aliphatic rings. The molecule has 2 aromatic carbocycles. The number of alkyl halides is 2. The monoisotopic (exact) mass is 336 g/mol. The Balaban J connectivity index is 0.00000220. The van der Waals surface area contributed by atoms with E-state index in [0.29, 0.717) is 5.39 Å². The number of hydrogen-bond donors (Lipinski definition) is 0. The van der Waals surface area contributed by atoms with Crippen molar-refractivity contribution >= 4 is 28.7 Å². The Morgan fingerprint density at radius 1 is 1.24 bits per heavy atom. The first-order valence-corrected chi connectivity index (χ1v) is 9.04. The Labute approximate surface area is 148 Å². The van der Waals surface area contributed by atoms with Gasteiger partial charge in [-0.3, -0.25) is 0 Å². The van der Waals surface area contributed by atoms with Gasteiger partial charge >= 0.3 is 35.2 Å². The minimum Gasteiger partial charge on any atom is -0.787 e. The van der Waals surface area contributed by atoms with E-state index in [2.05, 4.69) is 6.58 Å². The second-order valence-electron chi connectivity index (χ2n) is 4.15. The first kappa shape index (κ1) is 18.9. The third-order valence-electron chi connectivity index (χ3n) is 2.82. The van der Waals surface area contributed by atoms with E-state index in [4.69, 9.17) is 0 Å². The molecule has 0 heterocycles. The van der Waals surface area contributed by atoms with Crippen LogP contribution in [-0.4, -0.2) is 5.75 Å². The van der Waals surface area contributed by atoms with E-state index in [-0.39, 0.29) is 52.1 Å². The zero-order chi connectivity index (χ0) is 14.8. The summed E-state index contributed by atoms with van der Waals surface area (Å²) in [5.41, 5.74) is -4.40. The van der Waals surface area contributed by atoms with Crippen LogP contribution in [0.4, 0.5) is 8.78 Å². The van der Waals surface area contributed by atoms with E-state index < -0.39 is 17.8 Å². The molecule has 2 nitrogen and oxygen atoms in total. The molecule has 0 amide bonds. The van der Waals surface area contributed by atoms with Crippen LogP contribution in [0, 0.1) is 0 Å². The van der Waals surface area contributed by atoms with Gasteiger partial charge in [-0.1, -0.05) is 48.5 Å². The molecule has 0 saturated heterocycles. The van der Waals surface area contributed by atoms with Gasteiger partial charge in [0.05, 0.1) is 0 Å². The molecule has 0 radical (unpaired) electrons. The summed E-state index contributed by atoms with van der Waals surface area (Å²) in [6.45, 7) is -1.63. The van der Waals surface area contributed by atoms with E-state index in [1.165, 1.54) is 18.2 Å². The molecule has 0 aromatic heterocycles. The third kappa shape index (κ3) is 3.79. The van der Waals surface area contributed by atoms with E-state index in [0.717, 1.165) is 6.07 Å². The van der Waals surface area contributed by atoms with Crippen molar-refractivity contribution in [2.45, 2.75) is 5.66 Å². The van der Waals surface area contributed by atoms with Crippen LogP contribution in [0.3, 0.4) is 0 Å². The van der Waals surface area contributed by atoms with E-state index in [1.54, 1.807) is 24.3 Å². The molecule has 106 valence electrons. The molecule has 2 aromatic rings. The minimum absolute atomic E-state index is 0. The van der Waals surface area contributed by atoms with Crippen molar-refractivity contribution in [3.63, 3.8) is 0 Å². The quantitative estimate of drug-likeness (QED) is 0.470.